The van der Waals surface area contributed by atoms with Crippen molar-refractivity contribution >= 4 is 0 Å². The molecule has 0 radical (unpaired) electrons. The lowest BCUT2D eigenvalue weighted by Crippen LogP contribution is -2.35. The van der Waals surface area contributed by atoms with Gasteiger partial charge in [0.1, 0.15) is 17.5 Å². The molecule has 26 heavy (non-hydrogen) atoms. The van der Waals surface area contributed by atoms with E-state index in [4.69, 9.17) is 0 Å². The maximum Gasteiger partial charge on any atom is 0.255 e. The Bertz CT molecular complexity index is 984. The Morgan fingerprint density at radius 1 is 1.19 bits per heavy atom. The predicted octanol–water partition coefficient (Wildman–Crippen LogP) is 2.67. The summed E-state index contributed by atoms with van der Waals surface area (Å²) in [5.41, 5.74) is 2.46. The van der Waals surface area contributed by atoms with Crippen LogP contribution in [0.4, 0.5) is 8.78 Å². The number of benzene rings is 1. The number of H-pyrrole nitrogens is 1. The molecular formula is C19H16F2N4O. The second-order valence-corrected chi connectivity index (χ2v) is 6.32. The summed E-state index contributed by atoms with van der Waals surface area (Å²) in [4.78, 5) is 25.9. The zero-order chi connectivity index (χ0) is 18.1. The fourth-order valence-electron chi connectivity index (χ4n) is 3.22. The van der Waals surface area contributed by atoms with Crippen molar-refractivity contribution in [2.45, 2.75) is 19.5 Å². The molecule has 0 amide bonds. The maximum absolute atomic E-state index is 13.4. The number of hydrogen-bond donors (Lipinski definition) is 1. The Hall–Kier alpha value is -2.93. The number of fused-ring (bicyclic) bond motifs is 1. The fourth-order valence-corrected chi connectivity index (χ4v) is 3.22. The van der Waals surface area contributed by atoms with Crippen molar-refractivity contribution < 1.29 is 8.78 Å². The SMILES string of the molecule is O=c1[nH]c(-c2cccnc2)nc2c1CN(Cc1cc(F)cc(F)c1)CC2. The second-order valence-electron chi connectivity index (χ2n) is 6.32. The van der Waals surface area contributed by atoms with Crippen LogP contribution in [0.15, 0.2) is 47.5 Å². The zero-order valence-electron chi connectivity index (χ0n) is 13.9. The van der Waals surface area contributed by atoms with Crippen LogP contribution in [0.5, 0.6) is 0 Å². The van der Waals surface area contributed by atoms with Gasteiger partial charge in [-0.1, -0.05) is 0 Å². The van der Waals surface area contributed by atoms with E-state index in [1.807, 2.05) is 11.0 Å². The predicted molar refractivity (Wildman–Crippen MR) is 92.3 cm³/mol. The van der Waals surface area contributed by atoms with Crippen LogP contribution in [0.2, 0.25) is 0 Å². The maximum atomic E-state index is 13.4. The van der Waals surface area contributed by atoms with Gasteiger partial charge in [-0.2, -0.15) is 0 Å². The molecule has 1 aliphatic heterocycles. The lowest BCUT2D eigenvalue weighted by Gasteiger charge is -2.27. The molecule has 0 spiro atoms. The molecule has 1 aliphatic rings. The molecule has 132 valence electrons. The number of halogens is 2. The van der Waals surface area contributed by atoms with Gasteiger partial charge in [0, 0.05) is 50.1 Å². The first-order valence-corrected chi connectivity index (χ1v) is 8.28. The van der Waals surface area contributed by atoms with Crippen LogP contribution < -0.4 is 5.56 Å². The Labute approximate surface area is 148 Å². The third-order valence-electron chi connectivity index (χ3n) is 4.41. The van der Waals surface area contributed by atoms with E-state index in [2.05, 4.69) is 15.0 Å². The van der Waals surface area contributed by atoms with Crippen molar-refractivity contribution in [2.24, 2.45) is 0 Å². The minimum atomic E-state index is -0.599. The van der Waals surface area contributed by atoms with Crippen molar-refractivity contribution in [1.29, 1.82) is 0 Å². The average Bonchev–Trinajstić information content (AvgIpc) is 2.62. The van der Waals surface area contributed by atoms with Gasteiger partial charge in [0.15, 0.2) is 0 Å². The monoisotopic (exact) mass is 354 g/mol. The van der Waals surface area contributed by atoms with Gasteiger partial charge >= 0.3 is 0 Å². The molecule has 1 aromatic carbocycles. The van der Waals surface area contributed by atoms with Crippen molar-refractivity contribution in [1.82, 2.24) is 19.9 Å². The first-order valence-electron chi connectivity index (χ1n) is 8.28. The fraction of sp³-hybridized carbons (Fsp3) is 0.211. The Kier molecular flexibility index (Phi) is 4.30. The largest absolute Gasteiger partial charge is 0.306 e. The molecule has 3 aromatic rings. The normalized spacial score (nSPS) is 14.2. The van der Waals surface area contributed by atoms with Crippen LogP contribution in [0, 0.1) is 11.6 Å². The molecule has 0 fully saturated rings. The van der Waals surface area contributed by atoms with Gasteiger partial charge in [-0.25, -0.2) is 13.8 Å². The number of pyridine rings is 1. The highest BCUT2D eigenvalue weighted by Gasteiger charge is 2.22. The minimum Gasteiger partial charge on any atom is -0.306 e. The van der Waals surface area contributed by atoms with Gasteiger partial charge in [-0.3, -0.25) is 14.7 Å². The lowest BCUT2D eigenvalue weighted by atomic mass is 10.1. The minimum absolute atomic E-state index is 0.191. The van der Waals surface area contributed by atoms with Crippen LogP contribution in [0.3, 0.4) is 0 Å². The average molecular weight is 354 g/mol. The summed E-state index contributed by atoms with van der Waals surface area (Å²) in [5.74, 6) is -0.696. The quantitative estimate of drug-likeness (QED) is 0.786. The van der Waals surface area contributed by atoms with Gasteiger partial charge in [-0.05, 0) is 29.8 Å². The Morgan fingerprint density at radius 3 is 2.73 bits per heavy atom. The van der Waals surface area contributed by atoms with Crippen molar-refractivity contribution in [3.63, 3.8) is 0 Å². The summed E-state index contributed by atoms with van der Waals surface area (Å²) in [5, 5.41) is 0. The van der Waals surface area contributed by atoms with Crippen LogP contribution in [-0.4, -0.2) is 26.4 Å². The molecule has 0 bridgehead atoms. The molecular weight excluding hydrogens is 338 g/mol. The van der Waals surface area contributed by atoms with Gasteiger partial charge in [-0.15, -0.1) is 0 Å². The molecule has 4 rings (SSSR count). The summed E-state index contributed by atoms with van der Waals surface area (Å²) in [6, 6.07) is 7.10. The molecule has 0 saturated carbocycles. The number of aromatic nitrogens is 3. The second kappa shape index (κ2) is 6.76. The zero-order valence-corrected chi connectivity index (χ0v) is 13.9. The van der Waals surface area contributed by atoms with E-state index in [0.717, 1.165) is 17.3 Å². The highest BCUT2D eigenvalue weighted by Crippen LogP contribution is 2.20. The number of hydrogen-bond acceptors (Lipinski definition) is 4. The summed E-state index contributed by atoms with van der Waals surface area (Å²) in [6.45, 7) is 1.43. The number of nitrogens with zero attached hydrogens (tertiary/aromatic N) is 3. The first-order chi connectivity index (χ1) is 12.6. The summed E-state index contributed by atoms with van der Waals surface area (Å²) in [6.07, 6.45) is 3.91. The van der Waals surface area contributed by atoms with Gasteiger partial charge in [0.05, 0.1) is 11.3 Å². The highest BCUT2D eigenvalue weighted by molar-refractivity contribution is 5.53. The van der Waals surface area contributed by atoms with Crippen molar-refractivity contribution in [2.75, 3.05) is 6.54 Å². The molecule has 0 atom stereocenters. The molecule has 2 aromatic heterocycles. The van der Waals surface area contributed by atoms with E-state index in [0.29, 0.717) is 43.0 Å². The molecule has 7 heteroatoms. The van der Waals surface area contributed by atoms with Gasteiger partial charge < -0.3 is 4.98 Å². The standard InChI is InChI=1S/C19H16F2N4O/c20-14-6-12(7-15(21)8-14)10-25-5-3-17-16(11-25)19(26)24-18(23-17)13-2-1-4-22-9-13/h1-2,4,6-9H,3,5,10-11H2,(H,23,24,26). The van der Waals surface area contributed by atoms with E-state index < -0.39 is 11.6 Å². The van der Waals surface area contributed by atoms with E-state index >= 15 is 0 Å². The van der Waals surface area contributed by atoms with Crippen LogP contribution in [-0.2, 0) is 19.5 Å². The third-order valence-corrected chi connectivity index (χ3v) is 4.41. The van der Waals surface area contributed by atoms with Crippen molar-refractivity contribution in [3.05, 3.63) is 81.5 Å². The number of rotatable bonds is 3. The van der Waals surface area contributed by atoms with E-state index in [1.165, 1.54) is 12.1 Å². The molecule has 1 N–H and O–H groups in total. The van der Waals surface area contributed by atoms with E-state index in [9.17, 15) is 13.6 Å². The highest BCUT2D eigenvalue weighted by atomic mass is 19.1. The van der Waals surface area contributed by atoms with Crippen LogP contribution in [0.1, 0.15) is 16.8 Å². The summed E-state index contributed by atoms with van der Waals surface area (Å²) < 4.78 is 26.7. The van der Waals surface area contributed by atoms with E-state index in [-0.39, 0.29) is 5.56 Å². The summed E-state index contributed by atoms with van der Waals surface area (Å²) in [7, 11) is 0. The Morgan fingerprint density at radius 2 is 2.00 bits per heavy atom. The molecule has 0 saturated heterocycles. The lowest BCUT2D eigenvalue weighted by molar-refractivity contribution is 0.241. The number of nitrogens with one attached hydrogen (secondary N) is 1. The third kappa shape index (κ3) is 3.39. The van der Waals surface area contributed by atoms with Crippen LogP contribution >= 0.6 is 0 Å². The number of aromatic amines is 1. The molecule has 5 nitrogen and oxygen atoms in total. The smallest absolute Gasteiger partial charge is 0.255 e. The van der Waals surface area contributed by atoms with E-state index in [1.54, 1.807) is 18.5 Å². The molecule has 3 heterocycles. The van der Waals surface area contributed by atoms with Crippen molar-refractivity contribution in [3.8, 4) is 11.4 Å². The molecule has 0 unspecified atom stereocenters. The van der Waals surface area contributed by atoms with Crippen LogP contribution in [0.25, 0.3) is 11.4 Å². The van der Waals surface area contributed by atoms with Gasteiger partial charge in [0.25, 0.3) is 5.56 Å². The Balaban J connectivity index is 1.58. The first kappa shape index (κ1) is 16.5. The topological polar surface area (TPSA) is 61.9 Å². The summed E-state index contributed by atoms with van der Waals surface area (Å²) >= 11 is 0. The molecule has 0 aliphatic carbocycles. The van der Waals surface area contributed by atoms with Gasteiger partial charge in [0.2, 0.25) is 0 Å².